The van der Waals surface area contributed by atoms with Crippen molar-refractivity contribution in [1.29, 1.82) is 0 Å². The van der Waals surface area contributed by atoms with E-state index < -0.39 is 5.97 Å². The van der Waals surface area contributed by atoms with Crippen molar-refractivity contribution in [3.63, 3.8) is 0 Å². The summed E-state index contributed by atoms with van der Waals surface area (Å²) in [6, 6.07) is 3.86. The summed E-state index contributed by atoms with van der Waals surface area (Å²) < 4.78 is 14.2. The highest BCUT2D eigenvalue weighted by atomic mass is 35.5. The van der Waals surface area contributed by atoms with E-state index in [1.807, 2.05) is 30.8 Å². The summed E-state index contributed by atoms with van der Waals surface area (Å²) >= 11 is 6.87. The van der Waals surface area contributed by atoms with E-state index in [4.69, 9.17) is 26.2 Å². The van der Waals surface area contributed by atoms with Crippen LogP contribution in [0.3, 0.4) is 0 Å². The number of nitrogens with zero attached hydrogens (tertiary/aromatic N) is 3. The molecule has 8 nitrogen and oxygen atoms in total. The molecule has 2 aromatic heterocycles. The molecule has 0 saturated heterocycles. The number of halogens is 1. The maximum atomic E-state index is 12.9. The van der Waals surface area contributed by atoms with Gasteiger partial charge in [0, 0.05) is 49.3 Å². The van der Waals surface area contributed by atoms with Crippen LogP contribution in [0.5, 0.6) is 0 Å². The molecule has 4 rings (SSSR count). The molecule has 1 aliphatic rings. The third-order valence-electron chi connectivity index (χ3n) is 6.42. The van der Waals surface area contributed by atoms with Crippen LogP contribution in [0, 0.1) is 0 Å². The molecule has 1 aliphatic heterocycles. The van der Waals surface area contributed by atoms with Crippen molar-refractivity contribution in [3.8, 4) is 11.1 Å². The zero-order valence-corrected chi connectivity index (χ0v) is 20.9. The van der Waals surface area contributed by atoms with Gasteiger partial charge in [0.25, 0.3) is 0 Å². The number of carbonyl (C=O) groups excluding carboxylic acids is 2. The number of rotatable bonds is 8. The van der Waals surface area contributed by atoms with E-state index in [0.717, 1.165) is 59.1 Å². The second-order valence-electron chi connectivity index (χ2n) is 8.62. The second-order valence-corrected chi connectivity index (χ2v) is 9.03. The van der Waals surface area contributed by atoms with Crippen molar-refractivity contribution < 1.29 is 19.1 Å². The first-order valence-corrected chi connectivity index (χ1v) is 12.0. The van der Waals surface area contributed by atoms with E-state index >= 15 is 0 Å². The maximum absolute atomic E-state index is 12.9. The molecule has 1 N–H and O–H groups in total. The number of nitrogens with one attached hydrogen (secondary N) is 1. The van der Waals surface area contributed by atoms with Gasteiger partial charge in [-0.15, -0.1) is 0 Å². The summed E-state index contributed by atoms with van der Waals surface area (Å²) in [7, 11) is 5.16. The van der Waals surface area contributed by atoms with Crippen molar-refractivity contribution >= 4 is 34.4 Å². The minimum absolute atomic E-state index is 0.288. The fraction of sp³-hybridized carbons (Fsp3) is 0.480. The Morgan fingerprint density at radius 3 is 2.74 bits per heavy atom. The molecular formula is C25H31ClN4O4. The monoisotopic (exact) mass is 486 g/mol. The topological polar surface area (TPSA) is 87.4 Å². The lowest BCUT2D eigenvalue weighted by Gasteiger charge is -2.16. The van der Waals surface area contributed by atoms with Gasteiger partial charge in [-0.05, 0) is 50.8 Å². The Kier molecular flexibility index (Phi) is 7.28. The fourth-order valence-electron chi connectivity index (χ4n) is 5.04. The fourth-order valence-corrected chi connectivity index (χ4v) is 5.28. The molecule has 0 fully saturated rings. The summed E-state index contributed by atoms with van der Waals surface area (Å²) in [4.78, 5) is 24.0. The lowest BCUT2D eigenvalue weighted by molar-refractivity contribution is -0.141. The molecule has 0 amide bonds. The van der Waals surface area contributed by atoms with Crippen LogP contribution in [0.25, 0.3) is 22.0 Å². The first-order valence-electron chi connectivity index (χ1n) is 11.6. The van der Waals surface area contributed by atoms with Crippen molar-refractivity contribution in [3.05, 3.63) is 39.8 Å². The molecule has 0 radical (unpaired) electrons. The van der Waals surface area contributed by atoms with Gasteiger partial charge in [-0.25, -0.2) is 4.79 Å². The van der Waals surface area contributed by atoms with Gasteiger partial charge in [-0.2, -0.15) is 5.10 Å². The quantitative estimate of drug-likeness (QED) is 0.382. The number of ether oxygens (including phenoxy) is 2. The molecule has 0 spiro atoms. The van der Waals surface area contributed by atoms with Crippen LogP contribution in [0.4, 0.5) is 0 Å². The third kappa shape index (κ3) is 4.32. The van der Waals surface area contributed by atoms with E-state index in [1.54, 1.807) is 0 Å². The minimum Gasteiger partial charge on any atom is -0.466 e. The highest BCUT2D eigenvalue weighted by Gasteiger charge is 2.29. The lowest BCUT2D eigenvalue weighted by atomic mass is 9.95. The first kappa shape index (κ1) is 24.3. The standard InChI is InChI=1S/C25H31ClN4O4/c1-15(31)34-13-7-8-16-17-10-11-18(26)21(23(17)29(3)24(16)25(32)33-4)22-19(14-27-2)28-30-12-6-5-9-20(22)30/h10-11,27H,5-9,12-14H2,1-4H3. The van der Waals surface area contributed by atoms with Crippen molar-refractivity contribution in [2.24, 2.45) is 7.05 Å². The molecule has 34 heavy (non-hydrogen) atoms. The molecule has 0 bridgehead atoms. The SMILES string of the molecule is CNCc1nn2c(c1-c1c(Cl)ccc3c(CCCOC(C)=O)c(C(=O)OC)n(C)c13)CCCC2. The minimum atomic E-state index is -0.407. The Morgan fingerprint density at radius 1 is 1.24 bits per heavy atom. The zero-order chi connectivity index (χ0) is 24.4. The van der Waals surface area contributed by atoms with E-state index in [1.165, 1.54) is 19.7 Å². The van der Waals surface area contributed by atoms with Crippen molar-refractivity contribution in [1.82, 2.24) is 19.7 Å². The van der Waals surface area contributed by atoms with Gasteiger partial charge in [0.15, 0.2) is 0 Å². The summed E-state index contributed by atoms with van der Waals surface area (Å²) in [6.07, 6.45) is 4.30. The van der Waals surface area contributed by atoms with E-state index in [9.17, 15) is 9.59 Å². The first-order chi connectivity index (χ1) is 16.4. The number of fused-ring (bicyclic) bond motifs is 2. The van der Waals surface area contributed by atoms with Crippen LogP contribution in [0.1, 0.15) is 53.6 Å². The summed E-state index contributed by atoms with van der Waals surface area (Å²) in [5.41, 5.74) is 6.31. The predicted molar refractivity (Wildman–Crippen MR) is 131 cm³/mol. The maximum Gasteiger partial charge on any atom is 0.354 e. The number of methoxy groups -OCH3 is 1. The van der Waals surface area contributed by atoms with Gasteiger partial charge >= 0.3 is 11.9 Å². The Bertz CT molecular complexity index is 1240. The van der Waals surface area contributed by atoms with Crippen molar-refractivity contribution in [2.45, 2.75) is 52.1 Å². The van der Waals surface area contributed by atoms with Crippen LogP contribution in [-0.2, 0) is 47.2 Å². The van der Waals surface area contributed by atoms with Gasteiger partial charge < -0.3 is 19.4 Å². The largest absolute Gasteiger partial charge is 0.466 e. The Hall–Kier alpha value is -2.84. The molecule has 0 saturated carbocycles. The highest BCUT2D eigenvalue weighted by molar-refractivity contribution is 6.35. The van der Waals surface area contributed by atoms with Crippen LogP contribution >= 0.6 is 11.6 Å². The van der Waals surface area contributed by atoms with Crippen LogP contribution in [-0.4, -0.2) is 47.1 Å². The second kappa shape index (κ2) is 10.2. The van der Waals surface area contributed by atoms with E-state index in [0.29, 0.717) is 30.1 Å². The molecule has 0 aliphatic carbocycles. The normalized spacial score (nSPS) is 13.2. The molecular weight excluding hydrogens is 456 g/mol. The number of hydrogen-bond acceptors (Lipinski definition) is 6. The Balaban J connectivity index is 1.95. The Labute approximate surface area is 204 Å². The molecule has 0 atom stereocenters. The van der Waals surface area contributed by atoms with Gasteiger partial charge in [-0.3, -0.25) is 9.48 Å². The van der Waals surface area contributed by atoms with Gasteiger partial charge in [0.2, 0.25) is 0 Å². The van der Waals surface area contributed by atoms with Crippen LogP contribution in [0.15, 0.2) is 12.1 Å². The smallest absolute Gasteiger partial charge is 0.354 e. The summed E-state index contributed by atoms with van der Waals surface area (Å²) in [5.74, 6) is -0.723. The van der Waals surface area contributed by atoms with Crippen molar-refractivity contribution in [2.75, 3.05) is 20.8 Å². The van der Waals surface area contributed by atoms with Gasteiger partial charge in [-0.1, -0.05) is 17.7 Å². The number of aromatic nitrogens is 3. The predicted octanol–water partition coefficient (Wildman–Crippen LogP) is 4.03. The average Bonchev–Trinajstić information content (AvgIpc) is 3.31. The molecule has 1 aromatic carbocycles. The van der Waals surface area contributed by atoms with Crippen LogP contribution in [0.2, 0.25) is 5.02 Å². The molecule has 9 heteroatoms. The third-order valence-corrected chi connectivity index (χ3v) is 6.74. The van der Waals surface area contributed by atoms with E-state index in [2.05, 4.69) is 10.00 Å². The number of hydrogen-bond donors (Lipinski definition) is 1. The lowest BCUT2D eigenvalue weighted by Crippen LogP contribution is -2.12. The molecule has 0 unspecified atom stereocenters. The molecule has 182 valence electrons. The highest BCUT2D eigenvalue weighted by Crippen LogP contribution is 2.43. The van der Waals surface area contributed by atoms with Crippen LogP contribution < -0.4 is 5.32 Å². The number of benzene rings is 1. The van der Waals surface area contributed by atoms with E-state index in [-0.39, 0.29) is 12.6 Å². The zero-order valence-electron chi connectivity index (χ0n) is 20.2. The van der Waals surface area contributed by atoms with Gasteiger partial charge in [0.1, 0.15) is 5.69 Å². The molecule has 3 heterocycles. The molecule has 3 aromatic rings. The summed E-state index contributed by atoms with van der Waals surface area (Å²) in [6.45, 7) is 3.19. The Morgan fingerprint density at radius 2 is 2.03 bits per heavy atom. The number of esters is 2. The number of aryl methyl sites for hydroxylation is 3. The summed E-state index contributed by atoms with van der Waals surface area (Å²) in [5, 5.41) is 9.69. The number of carbonyl (C=O) groups is 2. The average molecular weight is 487 g/mol. The van der Waals surface area contributed by atoms with Gasteiger partial charge in [0.05, 0.1) is 29.9 Å².